The van der Waals surface area contributed by atoms with Gasteiger partial charge in [-0.3, -0.25) is 0 Å². The summed E-state index contributed by atoms with van der Waals surface area (Å²) in [6.07, 6.45) is 1.05. The standard InChI is InChI=1S/C17H24BrN3O2/c1-4-21-7-6-14-12(10-21)16(20-19-14)11-8-13(18)17(23-5-2)15(9-11)22-3/h8-9,12,16,20H,4-7,10H2,1-3H3. The number of nitrogens with zero attached hydrogens (tertiary/aromatic N) is 2. The van der Waals surface area contributed by atoms with Crippen LogP contribution in [0.25, 0.3) is 0 Å². The highest BCUT2D eigenvalue weighted by Crippen LogP contribution is 2.41. The zero-order chi connectivity index (χ0) is 16.4. The van der Waals surface area contributed by atoms with Crippen LogP contribution in [0.15, 0.2) is 21.7 Å². The van der Waals surface area contributed by atoms with Gasteiger partial charge in [0.15, 0.2) is 11.5 Å². The van der Waals surface area contributed by atoms with Crippen molar-refractivity contribution in [1.82, 2.24) is 10.3 Å². The molecule has 3 rings (SSSR count). The molecule has 0 radical (unpaired) electrons. The summed E-state index contributed by atoms with van der Waals surface area (Å²) in [5.74, 6) is 1.95. The lowest BCUT2D eigenvalue weighted by molar-refractivity contribution is 0.238. The SMILES string of the molecule is CCOc1c(Br)cc(C2NN=C3CCN(CC)CC32)cc1OC. The Kier molecular flexibility index (Phi) is 5.11. The molecule has 0 saturated carbocycles. The Hall–Kier alpha value is -1.27. The number of hydrogen-bond donors (Lipinski definition) is 1. The molecule has 2 atom stereocenters. The third-order valence-corrected chi connectivity index (χ3v) is 5.25. The molecule has 5 nitrogen and oxygen atoms in total. The molecular formula is C17H24BrN3O2. The number of piperidine rings is 1. The average molecular weight is 382 g/mol. The maximum Gasteiger partial charge on any atom is 0.175 e. The number of ether oxygens (including phenoxy) is 2. The van der Waals surface area contributed by atoms with E-state index in [9.17, 15) is 0 Å². The molecule has 2 aliphatic heterocycles. The molecular weight excluding hydrogens is 358 g/mol. The van der Waals surface area contributed by atoms with Crippen molar-refractivity contribution in [3.8, 4) is 11.5 Å². The molecule has 2 aliphatic rings. The summed E-state index contributed by atoms with van der Waals surface area (Å²) < 4.78 is 12.1. The Labute approximate surface area is 146 Å². The van der Waals surface area contributed by atoms with Crippen LogP contribution in [-0.2, 0) is 0 Å². The second kappa shape index (κ2) is 7.09. The zero-order valence-electron chi connectivity index (χ0n) is 13.9. The normalized spacial score (nSPS) is 23.9. The number of nitrogens with one attached hydrogen (secondary N) is 1. The smallest absolute Gasteiger partial charge is 0.175 e. The van der Waals surface area contributed by atoms with Crippen LogP contribution in [-0.4, -0.2) is 44.0 Å². The number of fused-ring (bicyclic) bond motifs is 1. The lowest BCUT2D eigenvalue weighted by Crippen LogP contribution is -2.41. The highest BCUT2D eigenvalue weighted by atomic mass is 79.9. The van der Waals surface area contributed by atoms with Gasteiger partial charge in [-0.2, -0.15) is 5.10 Å². The number of rotatable bonds is 5. The molecule has 2 heterocycles. The third kappa shape index (κ3) is 3.19. The predicted octanol–water partition coefficient (Wildman–Crippen LogP) is 3.20. The Morgan fingerprint density at radius 1 is 1.39 bits per heavy atom. The van der Waals surface area contributed by atoms with Gasteiger partial charge in [0.25, 0.3) is 0 Å². The van der Waals surface area contributed by atoms with Gasteiger partial charge in [0.1, 0.15) is 0 Å². The molecule has 1 saturated heterocycles. The average Bonchev–Trinajstić information content (AvgIpc) is 2.99. The number of methoxy groups -OCH3 is 1. The second-order valence-corrected chi connectivity index (χ2v) is 6.78. The van der Waals surface area contributed by atoms with E-state index in [1.54, 1.807) is 7.11 Å². The van der Waals surface area contributed by atoms with Crippen molar-refractivity contribution in [3.63, 3.8) is 0 Å². The predicted molar refractivity (Wildman–Crippen MR) is 95.4 cm³/mol. The number of hydrazone groups is 1. The van der Waals surface area contributed by atoms with E-state index >= 15 is 0 Å². The highest BCUT2D eigenvalue weighted by molar-refractivity contribution is 9.10. The minimum Gasteiger partial charge on any atom is -0.493 e. The summed E-state index contributed by atoms with van der Waals surface area (Å²) in [5, 5.41) is 4.58. The lowest BCUT2D eigenvalue weighted by Gasteiger charge is -2.33. The third-order valence-electron chi connectivity index (χ3n) is 4.66. The molecule has 0 amide bonds. The van der Waals surface area contributed by atoms with Gasteiger partial charge in [0.2, 0.25) is 0 Å². The summed E-state index contributed by atoms with van der Waals surface area (Å²) in [4.78, 5) is 2.49. The topological polar surface area (TPSA) is 46.1 Å². The molecule has 0 bridgehead atoms. The van der Waals surface area contributed by atoms with E-state index in [-0.39, 0.29) is 6.04 Å². The van der Waals surface area contributed by atoms with E-state index in [0.29, 0.717) is 12.5 Å². The van der Waals surface area contributed by atoms with Gasteiger partial charge in [-0.25, -0.2) is 0 Å². The van der Waals surface area contributed by atoms with E-state index in [1.165, 1.54) is 11.3 Å². The van der Waals surface area contributed by atoms with Crippen molar-refractivity contribution in [1.29, 1.82) is 0 Å². The van der Waals surface area contributed by atoms with Crippen LogP contribution >= 0.6 is 15.9 Å². The molecule has 126 valence electrons. The maximum absolute atomic E-state index is 5.69. The first-order chi connectivity index (χ1) is 11.2. The van der Waals surface area contributed by atoms with Crippen molar-refractivity contribution >= 4 is 21.6 Å². The van der Waals surface area contributed by atoms with Crippen LogP contribution in [0.3, 0.4) is 0 Å². The molecule has 0 aromatic heterocycles. The van der Waals surface area contributed by atoms with Crippen LogP contribution in [0.5, 0.6) is 11.5 Å². The largest absolute Gasteiger partial charge is 0.493 e. The molecule has 1 N–H and O–H groups in total. The van der Waals surface area contributed by atoms with E-state index < -0.39 is 0 Å². The van der Waals surface area contributed by atoms with Gasteiger partial charge in [-0.1, -0.05) is 6.92 Å². The summed E-state index contributed by atoms with van der Waals surface area (Å²) >= 11 is 3.62. The first-order valence-corrected chi connectivity index (χ1v) is 9.01. The number of hydrogen-bond acceptors (Lipinski definition) is 5. The van der Waals surface area contributed by atoms with Gasteiger partial charge in [-0.05, 0) is 47.1 Å². The highest BCUT2D eigenvalue weighted by Gasteiger charge is 2.37. The Bertz CT molecular complexity index is 606. The Balaban J connectivity index is 1.88. The van der Waals surface area contributed by atoms with Crippen LogP contribution < -0.4 is 14.9 Å². The molecule has 6 heteroatoms. The van der Waals surface area contributed by atoms with E-state index in [0.717, 1.165) is 42.0 Å². The minimum absolute atomic E-state index is 0.195. The van der Waals surface area contributed by atoms with Gasteiger partial charge < -0.3 is 19.8 Å². The van der Waals surface area contributed by atoms with Crippen molar-refractivity contribution in [2.75, 3.05) is 33.4 Å². The molecule has 0 spiro atoms. The number of likely N-dealkylation sites (tertiary alicyclic amines) is 1. The summed E-state index contributed by atoms with van der Waals surface area (Å²) in [5.41, 5.74) is 5.81. The second-order valence-electron chi connectivity index (χ2n) is 5.93. The Morgan fingerprint density at radius 2 is 2.22 bits per heavy atom. The van der Waals surface area contributed by atoms with Crippen LogP contribution in [0.2, 0.25) is 0 Å². The van der Waals surface area contributed by atoms with Crippen LogP contribution in [0.1, 0.15) is 31.9 Å². The van der Waals surface area contributed by atoms with Crippen molar-refractivity contribution in [3.05, 3.63) is 22.2 Å². The number of benzene rings is 1. The van der Waals surface area contributed by atoms with Crippen molar-refractivity contribution < 1.29 is 9.47 Å². The van der Waals surface area contributed by atoms with Gasteiger partial charge in [0, 0.05) is 31.1 Å². The minimum atomic E-state index is 0.195. The monoisotopic (exact) mass is 381 g/mol. The fraction of sp³-hybridized carbons (Fsp3) is 0.588. The summed E-state index contributed by atoms with van der Waals surface area (Å²) in [6.45, 7) is 8.05. The summed E-state index contributed by atoms with van der Waals surface area (Å²) in [7, 11) is 1.68. The first kappa shape index (κ1) is 16.6. The van der Waals surface area contributed by atoms with Gasteiger partial charge >= 0.3 is 0 Å². The number of halogens is 1. The molecule has 2 unspecified atom stereocenters. The fourth-order valence-corrected chi connectivity index (χ4v) is 3.98. The maximum atomic E-state index is 5.69. The van der Waals surface area contributed by atoms with Crippen LogP contribution in [0.4, 0.5) is 0 Å². The van der Waals surface area contributed by atoms with Crippen LogP contribution in [0, 0.1) is 5.92 Å². The zero-order valence-corrected chi connectivity index (χ0v) is 15.5. The Morgan fingerprint density at radius 3 is 2.91 bits per heavy atom. The van der Waals surface area contributed by atoms with Crippen molar-refractivity contribution in [2.45, 2.75) is 26.3 Å². The van der Waals surface area contributed by atoms with E-state index in [2.05, 4.69) is 50.4 Å². The molecule has 1 aromatic carbocycles. The lowest BCUT2D eigenvalue weighted by atomic mass is 9.86. The first-order valence-electron chi connectivity index (χ1n) is 8.22. The van der Waals surface area contributed by atoms with E-state index in [1.807, 2.05) is 6.92 Å². The summed E-state index contributed by atoms with van der Waals surface area (Å²) in [6, 6.07) is 4.38. The molecule has 0 aliphatic carbocycles. The fourth-order valence-electron chi connectivity index (χ4n) is 3.41. The molecule has 1 aromatic rings. The van der Waals surface area contributed by atoms with Crippen molar-refractivity contribution in [2.24, 2.45) is 11.0 Å². The van der Waals surface area contributed by atoms with Gasteiger partial charge in [0.05, 0.1) is 24.2 Å². The molecule has 23 heavy (non-hydrogen) atoms. The van der Waals surface area contributed by atoms with E-state index in [4.69, 9.17) is 9.47 Å². The van der Waals surface area contributed by atoms with Gasteiger partial charge in [-0.15, -0.1) is 0 Å². The quantitative estimate of drug-likeness (QED) is 0.850. The molecule has 1 fully saturated rings.